The highest BCUT2D eigenvalue weighted by atomic mass is 19.1. The molecule has 1 aliphatic heterocycles. The first-order valence-electron chi connectivity index (χ1n) is 10.6. The first kappa shape index (κ1) is 18.2. The second kappa shape index (κ2) is 7.54. The van der Waals surface area contributed by atoms with E-state index in [1.54, 1.807) is 12.1 Å². The number of H-pyrrole nitrogens is 1. The number of para-hydroxylation sites is 1. The number of carbonyl (C=O) groups excluding carboxylic acids is 1. The third-order valence-corrected chi connectivity index (χ3v) is 6.43. The van der Waals surface area contributed by atoms with Crippen molar-refractivity contribution in [2.45, 2.75) is 50.6 Å². The highest BCUT2D eigenvalue weighted by Gasteiger charge is 2.36. The number of aromatic amines is 1. The summed E-state index contributed by atoms with van der Waals surface area (Å²) in [6.45, 7) is 0.576. The first-order chi connectivity index (χ1) is 14.2. The van der Waals surface area contributed by atoms with E-state index in [1.807, 2.05) is 29.2 Å². The van der Waals surface area contributed by atoms with Crippen molar-refractivity contribution in [3.05, 3.63) is 71.2 Å². The molecule has 5 heteroatoms. The summed E-state index contributed by atoms with van der Waals surface area (Å²) >= 11 is 0. The molecule has 2 aromatic carbocycles. The molecular weight excluding hydrogens is 365 g/mol. The van der Waals surface area contributed by atoms with Gasteiger partial charge in [-0.3, -0.25) is 0 Å². The van der Waals surface area contributed by atoms with Crippen LogP contribution in [0.25, 0.3) is 10.9 Å². The van der Waals surface area contributed by atoms with Crippen LogP contribution in [0.2, 0.25) is 0 Å². The fourth-order valence-corrected chi connectivity index (χ4v) is 4.98. The molecule has 1 atom stereocenters. The van der Waals surface area contributed by atoms with E-state index in [4.69, 9.17) is 0 Å². The van der Waals surface area contributed by atoms with Gasteiger partial charge in [-0.2, -0.15) is 0 Å². The topological polar surface area (TPSA) is 48.1 Å². The number of carbonyl (C=O) groups is 1. The fourth-order valence-electron chi connectivity index (χ4n) is 4.98. The van der Waals surface area contributed by atoms with Crippen molar-refractivity contribution in [1.29, 1.82) is 0 Å². The summed E-state index contributed by atoms with van der Waals surface area (Å²) in [5.74, 6) is -0.278. The molecule has 0 bridgehead atoms. The van der Waals surface area contributed by atoms with Crippen LogP contribution in [-0.4, -0.2) is 28.5 Å². The van der Waals surface area contributed by atoms with E-state index in [-0.39, 0.29) is 17.9 Å². The molecule has 3 aromatic rings. The SMILES string of the molecule is O=C(NC1CCCCC1)N1CCc2c([nH]c3ccccc23)C1c1ccccc1F. The van der Waals surface area contributed by atoms with Crippen molar-refractivity contribution in [1.82, 2.24) is 15.2 Å². The first-order valence-corrected chi connectivity index (χ1v) is 10.6. The minimum atomic E-state index is -0.448. The molecule has 29 heavy (non-hydrogen) atoms. The lowest BCUT2D eigenvalue weighted by Gasteiger charge is -2.37. The maximum atomic E-state index is 14.8. The van der Waals surface area contributed by atoms with Crippen LogP contribution in [0.1, 0.15) is 55.0 Å². The molecule has 1 aromatic heterocycles. The van der Waals surface area contributed by atoms with Gasteiger partial charge in [-0.05, 0) is 37.0 Å². The molecular formula is C24H26FN3O. The Balaban J connectivity index is 1.56. The number of urea groups is 1. The Hall–Kier alpha value is -2.82. The normalized spacial score (nSPS) is 19.9. The minimum Gasteiger partial charge on any atom is -0.356 e. The zero-order valence-electron chi connectivity index (χ0n) is 16.5. The second-order valence-corrected chi connectivity index (χ2v) is 8.21. The summed E-state index contributed by atoms with van der Waals surface area (Å²) in [7, 11) is 0. The number of halogens is 1. The molecule has 1 aliphatic carbocycles. The molecule has 5 rings (SSSR count). The van der Waals surface area contributed by atoms with Crippen LogP contribution in [0.3, 0.4) is 0 Å². The smallest absolute Gasteiger partial charge is 0.318 e. The highest BCUT2D eigenvalue weighted by molar-refractivity contribution is 5.86. The van der Waals surface area contributed by atoms with Gasteiger partial charge in [0.05, 0.1) is 0 Å². The van der Waals surface area contributed by atoms with Gasteiger partial charge in [0, 0.05) is 34.7 Å². The number of aromatic nitrogens is 1. The molecule has 1 fully saturated rings. The number of benzene rings is 2. The average molecular weight is 391 g/mol. The van der Waals surface area contributed by atoms with E-state index < -0.39 is 6.04 Å². The molecule has 0 saturated heterocycles. The van der Waals surface area contributed by atoms with E-state index in [9.17, 15) is 9.18 Å². The fraction of sp³-hybridized carbons (Fsp3) is 0.375. The van der Waals surface area contributed by atoms with Crippen LogP contribution < -0.4 is 5.32 Å². The predicted molar refractivity (Wildman–Crippen MR) is 112 cm³/mol. The van der Waals surface area contributed by atoms with Crippen molar-refractivity contribution < 1.29 is 9.18 Å². The number of hydrogen-bond acceptors (Lipinski definition) is 1. The lowest BCUT2D eigenvalue weighted by atomic mass is 9.92. The summed E-state index contributed by atoms with van der Waals surface area (Å²) in [5, 5.41) is 4.39. The zero-order valence-corrected chi connectivity index (χ0v) is 16.5. The van der Waals surface area contributed by atoms with E-state index in [2.05, 4.69) is 16.4 Å². The number of amides is 2. The van der Waals surface area contributed by atoms with Gasteiger partial charge in [-0.1, -0.05) is 55.7 Å². The molecule has 2 amide bonds. The number of hydrogen-bond donors (Lipinski definition) is 2. The Bertz CT molecular complexity index is 1040. The molecule has 4 nitrogen and oxygen atoms in total. The van der Waals surface area contributed by atoms with Crippen LogP contribution in [0, 0.1) is 5.82 Å². The Kier molecular flexibility index (Phi) is 4.74. The quantitative estimate of drug-likeness (QED) is 0.612. The van der Waals surface area contributed by atoms with Crippen molar-refractivity contribution in [3.8, 4) is 0 Å². The van der Waals surface area contributed by atoms with Crippen LogP contribution in [0.15, 0.2) is 48.5 Å². The van der Waals surface area contributed by atoms with Gasteiger partial charge < -0.3 is 15.2 Å². The number of nitrogens with one attached hydrogen (secondary N) is 2. The molecule has 2 aliphatic rings. The number of nitrogens with zero attached hydrogens (tertiary/aromatic N) is 1. The third-order valence-electron chi connectivity index (χ3n) is 6.43. The van der Waals surface area contributed by atoms with Crippen LogP contribution in [0.4, 0.5) is 9.18 Å². The van der Waals surface area contributed by atoms with E-state index in [0.29, 0.717) is 12.1 Å². The lowest BCUT2D eigenvalue weighted by molar-refractivity contribution is 0.171. The Morgan fingerprint density at radius 2 is 1.79 bits per heavy atom. The third kappa shape index (κ3) is 3.28. The zero-order chi connectivity index (χ0) is 19.8. The van der Waals surface area contributed by atoms with Crippen molar-refractivity contribution >= 4 is 16.9 Å². The average Bonchev–Trinajstić information content (AvgIpc) is 3.13. The van der Waals surface area contributed by atoms with Gasteiger partial charge in [0.25, 0.3) is 0 Å². The Morgan fingerprint density at radius 1 is 1.03 bits per heavy atom. The van der Waals surface area contributed by atoms with Crippen LogP contribution in [0.5, 0.6) is 0 Å². The maximum Gasteiger partial charge on any atom is 0.318 e. The van der Waals surface area contributed by atoms with Crippen LogP contribution in [-0.2, 0) is 6.42 Å². The van der Waals surface area contributed by atoms with Gasteiger partial charge in [0.1, 0.15) is 11.9 Å². The van der Waals surface area contributed by atoms with Crippen LogP contribution >= 0.6 is 0 Å². The van der Waals surface area contributed by atoms with Gasteiger partial charge in [0.2, 0.25) is 0 Å². The number of fused-ring (bicyclic) bond motifs is 3. The minimum absolute atomic E-state index is 0.0885. The van der Waals surface area contributed by atoms with E-state index in [0.717, 1.165) is 48.7 Å². The van der Waals surface area contributed by atoms with Gasteiger partial charge in [-0.15, -0.1) is 0 Å². The Labute approximate surface area is 170 Å². The summed E-state index contributed by atoms with van der Waals surface area (Å²) in [6, 6.07) is 14.6. The van der Waals surface area contributed by atoms with Crippen molar-refractivity contribution in [2.75, 3.05) is 6.54 Å². The standard InChI is InChI=1S/C24H26FN3O/c25-20-12-6-4-11-19(20)23-22-18(17-10-5-7-13-21(17)27-22)14-15-28(23)24(29)26-16-8-2-1-3-9-16/h4-7,10-13,16,23,27H,1-3,8-9,14-15H2,(H,26,29). The van der Waals surface area contributed by atoms with E-state index in [1.165, 1.54) is 18.1 Å². The van der Waals surface area contributed by atoms with E-state index >= 15 is 0 Å². The maximum absolute atomic E-state index is 14.8. The molecule has 0 radical (unpaired) electrons. The second-order valence-electron chi connectivity index (χ2n) is 8.21. The molecule has 1 saturated carbocycles. The summed E-state index contributed by atoms with van der Waals surface area (Å²) in [5.41, 5.74) is 3.70. The molecule has 2 heterocycles. The molecule has 2 N–H and O–H groups in total. The summed E-state index contributed by atoms with van der Waals surface area (Å²) in [6.07, 6.45) is 6.39. The van der Waals surface area contributed by atoms with Crippen molar-refractivity contribution in [3.63, 3.8) is 0 Å². The van der Waals surface area contributed by atoms with Gasteiger partial charge >= 0.3 is 6.03 Å². The Morgan fingerprint density at radius 3 is 2.62 bits per heavy atom. The predicted octanol–water partition coefficient (Wildman–Crippen LogP) is 5.30. The van der Waals surface area contributed by atoms with Gasteiger partial charge in [0.15, 0.2) is 0 Å². The molecule has 150 valence electrons. The summed E-state index contributed by atoms with van der Waals surface area (Å²) < 4.78 is 14.8. The lowest BCUT2D eigenvalue weighted by Crippen LogP contribution is -2.49. The highest BCUT2D eigenvalue weighted by Crippen LogP contribution is 2.39. The largest absolute Gasteiger partial charge is 0.356 e. The van der Waals surface area contributed by atoms with Gasteiger partial charge in [-0.25, -0.2) is 9.18 Å². The molecule has 1 unspecified atom stereocenters. The number of rotatable bonds is 2. The monoisotopic (exact) mass is 391 g/mol. The molecule has 0 spiro atoms. The summed E-state index contributed by atoms with van der Waals surface area (Å²) in [4.78, 5) is 18.6. The van der Waals surface area contributed by atoms with Crippen molar-refractivity contribution in [2.24, 2.45) is 0 Å².